The van der Waals surface area contributed by atoms with E-state index in [0.29, 0.717) is 23.5 Å². The number of aromatic amines is 1. The summed E-state index contributed by atoms with van der Waals surface area (Å²) in [5, 5.41) is 5.67. The fourth-order valence-electron chi connectivity index (χ4n) is 3.25. The zero-order valence-corrected chi connectivity index (χ0v) is 13.3. The first-order valence-corrected chi connectivity index (χ1v) is 8.00. The lowest BCUT2D eigenvalue weighted by atomic mass is 9.89. The summed E-state index contributed by atoms with van der Waals surface area (Å²) < 4.78 is 5.32. The van der Waals surface area contributed by atoms with Gasteiger partial charge in [-0.15, -0.1) is 0 Å². The summed E-state index contributed by atoms with van der Waals surface area (Å²) in [6.45, 7) is 1.95. The fourth-order valence-corrected chi connectivity index (χ4v) is 3.25. The number of nitrogens with zero attached hydrogens (tertiary/aromatic N) is 1. The second kappa shape index (κ2) is 5.67. The number of amides is 2. The summed E-state index contributed by atoms with van der Waals surface area (Å²) in [6, 6.07) is 5.25. The molecule has 0 spiro atoms. The molecule has 2 aliphatic rings. The van der Waals surface area contributed by atoms with Gasteiger partial charge >= 0.3 is 0 Å². The van der Waals surface area contributed by atoms with Gasteiger partial charge in [-0.05, 0) is 38.0 Å². The number of nitrogens with one attached hydrogen (secondary N) is 3. The predicted octanol–water partition coefficient (Wildman–Crippen LogP) is 1.79. The Morgan fingerprint density at radius 2 is 2.29 bits per heavy atom. The first-order chi connectivity index (χ1) is 11.6. The molecule has 3 N–H and O–H groups in total. The minimum atomic E-state index is -0.194. The molecule has 7 nitrogen and oxygen atoms in total. The van der Waals surface area contributed by atoms with Crippen LogP contribution >= 0.6 is 0 Å². The van der Waals surface area contributed by atoms with Crippen LogP contribution in [0.2, 0.25) is 0 Å². The Labute approximate surface area is 138 Å². The van der Waals surface area contributed by atoms with Gasteiger partial charge in [0.2, 0.25) is 5.91 Å². The Balaban J connectivity index is 1.47. The van der Waals surface area contributed by atoms with Gasteiger partial charge in [-0.25, -0.2) is 4.98 Å². The molecule has 1 aromatic carbocycles. The molecule has 2 aromatic rings. The van der Waals surface area contributed by atoms with Crippen molar-refractivity contribution in [2.24, 2.45) is 5.92 Å². The highest BCUT2D eigenvalue weighted by atomic mass is 16.5. The molecule has 7 heteroatoms. The minimum Gasteiger partial charge on any atom is -0.482 e. The van der Waals surface area contributed by atoms with E-state index in [1.807, 2.05) is 6.92 Å². The smallest absolute Gasteiger partial charge is 0.262 e. The molecule has 0 saturated carbocycles. The van der Waals surface area contributed by atoms with Crippen LogP contribution < -0.4 is 15.4 Å². The number of imidazole rings is 1. The van der Waals surface area contributed by atoms with Gasteiger partial charge in [-0.1, -0.05) is 0 Å². The SMILES string of the molecule is Cc1nc2c([nH]1)CC(C(=O)Nc1ccc3c(c1)NC(=O)CO3)CC2. The van der Waals surface area contributed by atoms with Crippen LogP contribution in [0, 0.1) is 12.8 Å². The molecule has 1 unspecified atom stereocenters. The van der Waals surface area contributed by atoms with Crippen LogP contribution in [-0.2, 0) is 22.4 Å². The molecule has 0 fully saturated rings. The quantitative estimate of drug-likeness (QED) is 0.784. The summed E-state index contributed by atoms with van der Waals surface area (Å²) in [4.78, 5) is 31.6. The van der Waals surface area contributed by atoms with Crippen molar-refractivity contribution < 1.29 is 14.3 Å². The summed E-state index contributed by atoms with van der Waals surface area (Å²) in [6.07, 6.45) is 2.27. The minimum absolute atomic E-state index is 0.0177. The lowest BCUT2D eigenvalue weighted by Crippen LogP contribution is -2.28. The maximum Gasteiger partial charge on any atom is 0.262 e. The lowest BCUT2D eigenvalue weighted by Gasteiger charge is -2.22. The first-order valence-electron chi connectivity index (χ1n) is 8.00. The monoisotopic (exact) mass is 326 g/mol. The van der Waals surface area contributed by atoms with Gasteiger partial charge in [0.15, 0.2) is 6.61 Å². The largest absolute Gasteiger partial charge is 0.482 e. The van der Waals surface area contributed by atoms with Crippen molar-refractivity contribution in [3.05, 3.63) is 35.4 Å². The second-order valence-corrected chi connectivity index (χ2v) is 6.22. The van der Waals surface area contributed by atoms with E-state index in [1.54, 1.807) is 18.2 Å². The van der Waals surface area contributed by atoms with Gasteiger partial charge < -0.3 is 20.4 Å². The van der Waals surface area contributed by atoms with Crippen LogP contribution in [0.4, 0.5) is 11.4 Å². The lowest BCUT2D eigenvalue weighted by molar-refractivity contribution is -0.120. The highest BCUT2D eigenvalue weighted by Gasteiger charge is 2.27. The molecule has 1 aliphatic heterocycles. The summed E-state index contributed by atoms with van der Waals surface area (Å²) in [5.41, 5.74) is 3.37. The fraction of sp³-hybridized carbons (Fsp3) is 0.353. The van der Waals surface area contributed by atoms with Crippen molar-refractivity contribution in [1.29, 1.82) is 0 Å². The number of aromatic nitrogens is 2. The molecule has 4 rings (SSSR count). The molecule has 0 saturated heterocycles. The van der Waals surface area contributed by atoms with Gasteiger partial charge in [-0.3, -0.25) is 9.59 Å². The zero-order valence-electron chi connectivity index (χ0n) is 13.3. The zero-order chi connectivity index (χ0) is 16.7. The number of hydrogen-bond donors (Lipinski definition) is 3. The third kappa shape index (κ3) is 2.73. The van der Waals surface area contributed by atoms with Gasteiger partial charge in [0.25, 0.3) is 5.91 Å². The van der Waals surface area contributed by atoms with Gasteiger partial charge in [0.1, 0.15) is 11.6 Å². The van der Waals surface area contributed by atoms with Crippen molar-refractivity contribution in [2.45, 2.75) is 26.2 Å². The molecule has 2 heterocycles. The van der Waals surface area contributed by atoms with Gasteiger partial charge in [0.05, 0.1) is 11.4 Å². The highest BCUT2D eigenvalue weighted by molar-refractivity contribution is 5.98. The topological polar surface area (TPSA) is 96.1 Å². The van der Waals surface area contributed by atoms with E-state index in [2.05, 4.69) is 20.6 Å². The molecule has 1 aliphatic carbocycles. The van der Waals surface area contributed by atoms with Crippen LogP contribution in [0.15, 0.2) is 18.2 Å². The average Bonchev–Trinajstić information content (AvgIpc) is 2.93. The van der Waals surface area contributed by atoms with Crippen LogP contribution in [0.5, 0.6) is 5.75 Å². The van der Waals surface area contributed by atoms with E-state index < -0.39 is 0 Å². The van der Waals surface area contributed by atoms with E-state index in [4.69, 9.17) is 4.74 Å². The van der Waals surface area contributed by atoms with E-state index in [-0.39, 0.29) is 24.3 Å². The van der Waals surface area contributed by atoms with Gasteiger partial charge in [-0.2, -0.15) is 0 Å². The van der Waals surface area contributed by atoms with Crippen molar-refractivity contribution in [2.75, 3.05) is 17.2 Å². The van der Waals surface area contributed by atoms with E-state index in [9.17, 15) is 9.59 Å². The van der Waals surface area contributed by atoms with Crippen molar-refractivity contribution in [1.82, 2.24) is 9.97 Å². The maximum absolute atomic E-state index is 12.6. The molecular formula is C17H18N4O3. The highest BCUT2D eigenvalue weighted by Crippen LogP contribution is 2.31. The standard InChI is InChI=1S/C17H18N4O3/c1-9-18-12-4-2-10(6-13(12)19-9)17(23)20-11-3-5-15-14(7-11)21-16(22)8-24-15/h3,5,7,10H,2,4,6,8H2,1H3,(H,18,19)(H,20,23)(H,21,22). The Morgan fingerprint density at radius 1 is 1.42 bits per heavy atom. The van der Waals surface area contributed by atoms with Crippen molar-refractivity contribution in [3.8, 4) is 5.75 Å². The van der Waals surface area contributed by atoms with Crippen molar-refractivity contribution in [3.63, 3.8) is 0 Å². The van der Waals surface area contributed by atoms with Crippen LogP contribution in [-0.4, -0.2) is 28.4 Å². The maximum atomic E-state index is 12.6. The summed E-state index contributed by atoms with van der Waals surface area (Å²) >= 11 is 0. The number of carbonyl (C=O) groups is 2. The van der Waals surface area contributed by atoms with E-state index in [1.165, 1.54) is 0 Å². The molecule has 0 bridgehead atoms. The van der Waals surface area contributed by atoms with E-state index in [0.717, 1.165) is 30.1 Å². The molecule has 1 atom stereocenters. The molecule has 124 valence electrons. The molecule has 2 amide bonds. The molecule has 0 radical (unpaired) electrons. The number of carbonyl (C=O) groups excluding carboxylic acids is 2. The average molecular weight is 326 g/mol. The predicted molar refractivity (Wildman–Crippen MR) is 88.0 cm³/mol. The number of benzene rings is 1. The number of anilines is 2. The molecule has 1 aromatic heterocycles. The number of ether oxygens (including phenoxy) is 1. The Morgan fingerprint density at radius 3 is 3.17 bits per heavy atom. The van der Waals surface area contributed by atoms with E-state index >= 15 is 0 Å². The van der Waals surface area contributed by atoms with Crippen LogP contribution in [0.3, 0.4) is 0 Å². The summed E-state index contributed by atoms with van der Waals surface area (Å²) in [5.74, 6) is 1.21. The van der Waals surface area contributed by atoms with Crippen molar-refractivity contribution >= 4 is 23.2 Å². The Hall–Kier alpha value is -2.83. The number of H-pyrrole nitrogens is 1. The third-order valence-electron chi connectivity index (χ3n) is 4.41. The summed E-state index contributed by atoms with van der Waals surface area (Å²) in [7, 11) is 0. The number of hydrogen-bond acceptors (Lipinski definition) is 4. The number of aryl methyl sites for hydroxylation is 2. The molecular weight excluding hydrogens is 308 g/mol. The van der Waals surface area contributed by atoms with Crippen LogP contribution in [0.25, 0.3) is 0 Å². The Bertz CT molecular complexity index is 827. The normalized spacial score (nSPS) is 18.9. The van der Waals surface area contributed by atoms with Gasteiger partial charge in [0, 0.05) is 23.7 Å². The molecule has 24 heavy (non-hydrogen) atoms. The number of fused-ring (bicyclic) bond motifs is 2. The number of rotatable bonds is 2. The Kier molecular flexibility index (Phi) is 3.48. The van der Waals surface area contributed by atoms with Crippen LogP contribution in [0.1, 0.15) is 23.6 Å². The second-order valence-electron chi connectivity index (χ2n) is 6.22. The first kappa shape index (κ1) is 14.7. The third-order valence-corrected chi connectivity index (χ3v) is 4.41.